The van der Waals surface area contributed by atoms with E-state index in [1.165, 1.54) is 0 Å². The van der Waals surface area contributed by atoms with Crippen LogP contribution in [0.25, 0.3) is 0 Å². The Labute approximate surface area is 120 Å². The van der Waals surface area contributed by atoms with E-state index in [2.05, 4.69) is 5.32 Å². The van der Waals surface area contributed by atoms with Crippen LogP contribution in [0.2, 0.25) is 0 Å². The molecule has 110 valence electrons. The molecule has 0 heterocycles. The van der Waals surface area contributed by atoms with Crippen molar-refractivity contribution in [3.63, 3.8) is 0 Å². The first-order valence-corrected chi connectivity index (χ1v) is 6.34. The standard InChI is InChI=1S/C16H14F3NO/c1-16(2,10-6-4-3-5-7-10)20-15(21)11-8-9-12(17)14(19)13(11)18/h3-9H,1-2H3,(H,20,21). The molecule has 0 aliphatic carbocycles. The number of hydrogen-bond acceptors (Lipinski definition) is 1. The first kappa shape index (κ1) is 15.1. The largest absolute Gasteiger partial charge is 0.343 e. The smallest absolute Gasteiger partial charge is 0.255 e. The lowest BCUT2D eigenvalue weighted by Crippen LogP contribution is -2.41. The molecule has 0 bridgehead atoms. The highest BCUT2D eigenvalue weighted by atomic mass is 19.2. The van der Waals surface area contributed by atoms with Gasteiger partial charge in [0, 0.05) is 0 Å². The molecule has 5 heteroatoms. The Morgan fingerprint density at radius 2 is 1.57 bits per heavy atom. The average molecular weight is 293 g/mol. The molecule has 0 spiro atoms. The number of nitrogens with one attached hydrogen (secondary N) is 1. The monoisotopic (exact) mass is 293 g/mol. The molecule has 1 N–H and O–H groups in total. The van der Waals surface area contributed by atoms with Gasteiger partial charge < -0.3 is 5.32 Å². The highest BCUT2D eigenvalue weighted by Crippen LogP contribution is 2.21. The molecular weight excluding hydrogens is 279 g/mol. The Morgan fingerprint density at radius 1 is 0.952 bits per heavy atom. The summed E-state index contributed by atoms with van der Waals surface area (Å²) in [4.78, 5) is 12.1. The molecule has 2 rings (SSSR count). The number of benzene rings is 2. The summed E-state index contributed by atoms with van der Waals surface area (Å²) in [7, 11) is 0. The van der Waals surface area contributed by atoms with E-state index < -0.39 is 34.5 Å². The van der Waals surface area contributed by atoms with Gasteiger partial charge in [-0.05, 0) is 31.5 Å². The van der Waals surface area contributed by atoms with Gasteiger partial charge >= 0.3 is 0 Å². The molecule has 21 heavy (non-hydrogen) atoms. The number of carbonyl (C=O) groups excluding carboxylic acids is 1. The Bertz CT molecular complexity index is 669. The zero-order valence-corrected chi connectivity index (χ0v) is 11.6. The second kappa shape index (κ2) is 5.60. The fraction of sp³-hybridized carbons (Fsp3) is 0.188. The number of hydrogen-bond donors (Lipinski definition) is 1. The predicted molar refractivity (Wildman–Crippen MR) is 73.3 cm³/mol. The maximum absolute atomic E-state index is 13.6. The molecule has 0 aromatic heterocycles. The van der Waals surface area contributed by atoms with E-state index in [4.69, 9.17) is 0 Å². The van der Waals surface area contributed by atoms with E-state index in [9.17, 15) is 18.0 Å². The summed E-state index contributed by atoms with van der Waals surface area (Å²) >= 11 is 0. The molecule has 0 saturated carbocycles. The molecule has 0 fully saturated rings. The number of amides is 1. The molecular formula is C16H14F3NO. The van der Waals surface area contributed by atoms with E-state index in [-0.39, 0.29) is 0 Å². The fourth-order valence-corrected chi connectivity index (χ4v) is 1.98. The zero-order valence-electron chi connectivity index (χ0n) is 11.6. The highest BCUT2D eigenvalue weighted by molar-refractivity contribution is 5.95. The van der Waals surface area contributed by atoms with Crippen molar-refractivity contribution in [2.24, 2.45) is 0 Å². The molecule has 0 aliphatic heterocycles. The summed E-state index contributed by atoms with van der Waals surface area (Å²) in [6, 6.07) is 10.7. The Balaban J connectivity index is 2.28. The summed E-state index contributed by atoms with van der Waals surface area (Å²) < 4.78 is 39.7. The lowest BCUT2D eigenvalue weighted by Gasteiger charge is -2.27. The van der Waals surface area contributed by atoms with Crippen molar-refractivity contribution >= 4 is 5.91 Å². The van der Waals surface area contributed by atoms with Gasteiger partial charge in [-0.2, -0.15) is 0 Å². The second-order valence-electron chi connectivity index (χ2n) is 5.17. The zero-order chi connectivity index (χ0) is 15.6. The van der Waals surface area contributed by atoms with E-state index in [0.29, 0.717) is 0 Å². The van der Waals surface area contributed by atoms with E-state index >= 15 is 0 Å². The van der Waals surface area contributed by atoms with E-state index in [1.54, 1.807) is 26.0 Å². The van der Waals surface area contributed by atoms with Crippen molar-refractivity contribution in [3.8, 4) is 0 Å². The van der Waals surface area contributed by atoms with Crippen molar-refractivity contribution in [2.45, 2.75) is 19.4 Å². The van der Waals surface area contributed by atoms with Crippen molar-refractivity contribution in [1.29, 1.82) is 0 Å². The van der Waals surface area contributed by atoms with Gasteiger partial charge in [0.25, 0.3) is 5.91 Å². The topological polar surface area (TPSA) is 29.1 Å². The first-order valence-electron chi connectivity index (χ1n) is 6.34. The van der Waals surface area contributed by atoms with Crippen LogP contribution in [0.1, 0.15) is 29.8 Å². The average Bonchev–Trinajstić information content (AvgIpc) is 2.45. The Hall–Kier alpha value is -2.30. The molecule has 0 saturated heterocycles. The van der Waals surface area contributed by atoms with Gasteiger partial charge in [-0.15, -0.1) is 0 Å². The number of carbonyl (C=O) groups is 1. The van der Waals surface area contributed by atoms with Gasteiger partial charge in [0.15, 0.2) is 17.5 Å². The summed E-state index contributed by atoms with van der Waals surface area (Å²) in [5, 5.41) is 2.61. The maximum atomic E-state index is 13.6. The third-order valence-electron chi connectivity index (χ3n) is 3.20. The third-order valence-corrected chi connectivity index (χ3v) is 3.20. The van der Waals surface area contributed by atoms with Gasteiger partial charge in [-0.25, -0.2) is 13.2 Å². The van der Waals surface area contributed by atoms with Crippen LogP contribution in [-0.4, -0.2) is 5.91 Å². The van der Waals surface area contributed by atoms with E-state index in [1.807, 2.05) is 18.2 Å². The summed E-state index contributed by atoms with van der Waals surface area (Å²) in [6.07, 6.45) is 0. The van der Waals surface area contributed by atoms with Gasteiger partial charge in [-0.1, -0.05) is 30.3 Å². The summed E-state index contributed by atoms with van der Waals surface area (Å²) in [5.74, 6) is -5.27. The van der Waals surface area contributed by atoms with Gasteiger partial charge in [-0.3, -0.25) is 4.79 Å². The van der Waals surface area contributed by atoms with Crippen LogP contribution in [0.4, 0.5) is 13.2 Å². The molecule has 0 unspecified atom stereocenters. The summed E-state index contributed by atoms with van der Waals surface area (Å²) in [5.41, 5.74) is -0.505. The lowest BCUT2D eigenvalue weighted by atomic mass is 9.94. The predicted octanol–water partition coefficient (Wildman–Crippen LogP) is 3.77. The van der Waals surface area contributed by atoms with Crippen molar-refractivity contribution in [3.05, 3.63) is 71.0 Å². The number of rotatable bonds is 3. The summed E-state index contributed by atoms with van der Waals surface area (Å²) in [6.45, 7) is 3.47. The van der Waals surface area contributed by atoms with Crippen LogP contribution < -0.4 is 5.32 Å². The number of halogens is 3. The molecule has 0 atom stereocenters. The van der Waals surface area contributed by atoms with Crippen LogP contribution in [0.5, 0.6) is 0 Å². The second-order valence-corrected chi connectivity index (χ2v) is 5.17. The first-order chi connectivity index (χ1) is 9.83. The quantitative estimate of drug-likeness (QED) is 0.858. The minimum Gasteiger partial charge on any atom is -0.343 e. The SMILES string of the molecule is CC(C)(NC(=O)c1ccc(F)c(F)c1F)c1ccccc1. The Morgan fingerprint density at radius 3 is 2.19 bits per heavy atom. The van der Waals surface area contributed by atoms with Crippen LogP contribution >= 0.6 is 0 Å². The van der Waals surface area contributed by atoms with Crippen molar-refractivity contribution in [2.75, 3.05) is 0 Å². The van der Waals surface area contributed by atoms with E-state index in [0.717, 1.165) is 17.7 Å². The van der Waals surface area contributed by atoms with Crippen LogP contribution in [0.15, 0.2) is 42.5 Å². The van der Waals surface area contributed by atoms with Gasteiger partial charge in [0.2, 0.25) is 0 Å². The lowest BCUT2D eigenvalue weighted by molar-refractivity contribution is 0.0906. The minimum absolute atomic E-state index is 0.530. The molecule has 0 aliphatic rings. The van der Waals surface area contributed by atoms with Gasteiger partial charge in [0.05, 0.1) is 11.1 Å². The molecule has 2 aromatic carbocycles. The normalized spacial score (nSPS) is 11.3. The molecule has 1 amide bonds. The van der Waals surface area contributed by atoms with Crippen molar-refractivity contribution < 1.29 is 18.0 Å². The molecule has 2 aromatic rings. The van der Waals surface area contributed by atoms with Crippen molar-refractivity contribution in [1.82, 2.24) is 5.32 Å². The third kappa shape index (κ3) is 3.07. The maximum Gasteiger partial charge on any atom is 0.255 e. The minimum atomic E-state index is -1.65. The van der Waals surface area contributed by atoms with Crippen LogP contribution in [0, 0.1) is 17.5 Å². The fourth-order valence-electron chi connectivity index (χ4n) is 1.98. The highest BCUT2D eigenvalue weighted by Gasteiger charge is 2.26. The van der Waals surface area contributed by atoms with Crippen LogP contribution in [-0.2, 0) is 5.54 Å². The molecule has 0 radical (unpaired) electrons. The Kier molecular flexibility index (Phi) is 4.02. The van der Waals surface area contributed by atoms with Crippen LogP contribution in [0.3, 0.4) is 0 Å². The van der Waals surface area contributed by atoms with Gasteiger partial charge in [0.1, 0.15) is 0 Å². The molecule has 2 nitrogen and oxygen atoms in total.